The summed E-state index contributed by atoms with van der Waals surface area (Å²) in [5.41, 5.74) is 1.29. The van der Waals surface area contributed by atoms with Crippen molar-refractivity contribution >= 4 is 29.9 Å². The van der Waals surface area contributed by atoms with E-state index >= 15 is 0 Å². The fraction of sp³-hybridized carbons (Fsp3) is 0.0952. The van der Waals surface area contributed by atoms with E-state index in [2.05, 4.69) is 20.8 Å². The van der Waals surface area contributed by atoms with E-state index in [0.29, 0.717) is 11.1 Å². The highest BCUT2D eigenvalue weighted by Gasteiger charge is 2.16. The van der Waals surface area contributed by atoms with Crippen molar-refractivity contribution in [1.29, 1.82) is 0 Å². The monoisotopic (exact) mass is 406 g/mol. The first-order valence-electron chi connectivity index (χ1n) is 8.91. The predicted octanol–water partition coefficient (Wildman–Crippen LogP) is 2.40. The molecule has 1 heterocycles. The summed E-state index contributed by atoms with van der Waals surface area (Å²) in [5.74, 6) is -1.74. The highest BCUT2D eigenvalue weighted by molar-refractivity contribution is 5.99. The molecule has 0 radical (unpaired) electrons. The molecule has 0 aliphatic rings. The molecule has 9 heteroatoms. The molecular weight excluding hydrogens is 388 g/mol. The largest absolute Gasteiger partial charge is 0.451 e. The minimum atomic E-state index is -0.861. The zero-order valence-electron chi connectivity index (χ0n) is 16.0. The molecule has 0 fully saturated rings. The van der Waals surface area contributed by atoms with Crippen LogP contribution in [0.5, 0.6) is 0 Å². The van der Waals surface area contributed by atoms with Crippen LogP contribution in [0.3, 0.4) is 0 Å². The van der Waals surface area contributed by atoms with Crippen LogP contribution in [-0.4, -0.2) is 34.6 Å². The second kappa shape index (κ2) is 9.78. The number of carbonyl (C=O) groups is 3. The van der Waals surface area contributed by atoms with E-state index in [-0.39, 0.29) is 17.6 Å². The molecule has 2 aromatic carbocycles. The minimum absolute atomic E-state index is 0.0920. The van der Waals surface area contributed by atoms with Gasteiger partial charge in [-0.25, -0.2) is 4.79 Å². The number of hydrogen-bond acceptors (Lipinski definition) is 7. The SMILES string of the molecule is CC(=O)NC(=Cc1ccccc1)C(=O)OCC(=O)Nc1nnc(-c2ccccc2)o1. The summed E-state index contributed by atoms with van der Waals surface area (Å²) in [6.45, 7) is 0.659. The van der Waals surface area contributed by atoms with Crippen molar-refractivity contribution in [2.45, 2.75) is 6.92 Å². The van der Waals surface area contributed by atoms with Crippen LogP contribution in [0.4, 0.5) is 6.01 Å². The lowest BCUT2D eigenvalue weighted by Crippen LogP contribution is -2.28. The number of amides is 2. The van der Waals surface area contributed by atoms with Gasteiger partial charge in [0.25, 0.3) is 5.91 Å². The first kappa shape index (κ1) is 20.5. The third kappa shape index (κ3) is 5.86. The molecule has 0 saturated carbocycles. The molecule has 0 unspecified atom stereocenters. The van der Waals surface area contributed by atoms with Crippen LogP contribution in [0, 0.1) is 0 Å². The molecule has 9 nitrogen and oxygen atoms in total. The molecule has 0 bridgehead atoms. The zero-order valence-corrected chi connectivity index (χ0v) is 16.0. The standard InChI is InChI=1S/C21H18N4O5/c1-14(26)22-17(12-15-8-4-2-5-9-15)20(28)29-13-18(27)23-21-25-24-19(30-21)16-10-6-3-7-11-16/h2-12H,13H2,1H3,(H,22,26)(H,23,25,27). The number of rotatable bonds is 7. The maximum absolute atomic E-state index is 12.3. The van der Waals surface area contributed by atoms with Crippen molar-refractivity contribution in [2.75, 3.05) is 11.9 Å². The topological polar surface area (TPSA) is 123 Å². The fourth-order valence-electron chi connectivity index (χ4n) is 2.39. The van der Waals surface area contributed by atoms with Crippen molar-refractivity contribution < 1.29 is 23.5 Å². The molecule has 1 aromatic heterocycles. The lowest BCUT2D eigenvalue weighted by Gasteiger charge is -2.08. The summed E-state index contributed by atoms with van der Waals surface area (Å²) in [6, 6.07) is 17.8. The highest BCUT2D eigenvalue weighted by Crippen LogP contribution is 2.18. The van der Waals surface area contributed by atoms with Gasteiger partial charge in [-0.2, -0.15) is 0 Å². The van der Waals surface area contributed by atoms with Gasteiger partial charge in [0, 0.05) is 12.5 Å². The lowest BCUT2D eigenvalue weighted by molar-refractivity contribution is -0.144. The van der Waals surface area contributed by atoms with Crippen LogP contribution in [0.2, 0.25) is 0 Å². The number of nitrogens with zero attached hydrogens (tertiary/aromatic N) is 2. The number of nitrogens with one attached hydrogen (secondary N) is 2. The van der Waals surface area contributed by atoms with E-state index in [9.17, 15) is 14.4 Å². The molecule has 30 heavy (non-hydrogen) atoms. The Morgan fingerprint density at radius 3 is 2.33 bits per heavy atom. The molecular formula is C21H18N4O5. The molecule has 152 valence electrons. The van der Waals surface area contributed by atoms with Crippen LogP contribution in [0.1, 0.15) is 12.5 Å². The van der Waals surface area contributed by atoms with E-state index < -0.39 is 24.4 Å². The Labute approximate surface area is 171 Å². The number of hydrogen-bond donors (Lipinski definition) is 2. The van der Waals surface area contributed by atoms with Crippen molar-refractivity contribution in [3.8, 4) is 11.5 Å². The molecule has 0 spiro atoms. The van der Waals surface area contributed by atoms with Crippen molar-refractivity contribution in [3.05, 3.63) is 71.9 Å². The second-order valence-electron chi connectivity index (χ2n) is 6.05. The van der Waals surface area contributed by atoms with E-state index in [4.69, 9.17) is 9.15 Å². The van der Waals surface area contributed by atoms with Crippen molar-refractivity contribution in [3.63, 3.8) is 0 Å². The smallest absolute Gasteiger partial charge is 0.355 e. The normalized spacial score (nSPS) is 10.9. The molecule has 0 atom stereocenters. The second-order valence-corrected chi connectivity index (χ2v) is 6.05. The molecule has 0 aliphatic carbocycles. The van der Waals surface area contributed by atoms with Crippen molar-refractivity contribution in [2.24, 2.45) is 0 Å². The Bertz CT molecular complexity index is 1060. The molecule has 0 saturated heterocycles. The Morgan fingerprint density at radius 1 is 1.00 bits per heavy atom. The van der Waals surface area contributed by atoms with Crippen LogP contribution < -0.4 is 10.6 Å². The summed E-state index contributed by atoms with van der Waals surface area (Å²) >= 11 is 0. The number of ether oxygens (including phenoxy) is 1. The first-order chi connectivity index (χ1) is 14.5. The maximum Gasteiger partial charge on any atom is 0.355 e. The lowest BCUT2D eigenvalue weighted by atomic mass is 10.2. The summed E-state index contributed by atoms with van der Waals surface area (Å²) in [5, 5.41) is 12.3. The third-order valence-electron chi connectivity index (χ3n) is 3.67. The van der Waals surface area contributed by atoms with Gasteiger partial charge >= 0.3 is 12.0 Å². The Morgan fingerprint density at radius 2 is 1.67 bits per heavy atom. The van der Waals surface area contributed by atoms with Gasteiger partial charge in [-0.15, -0.1) is 5.10 Å². The zero-order chi connectivity index (χ0) is 21.3. The van der Waals surface area contributed by atoms with Gasteiger partial charge in [0.2, 0.25) is 11.8 Å². The summed E-state index contributed by atoms with van der Waals surface area (Å²) in [4.78, 5) is 35.7. The van der Waals surface area contributed by atoms with Crippen LogP contribution in [0.25, 0.3) is 17.5 Å². The number of benzene rings is 2. The number of anilines is 1. The van der Waals surface area contributed by atoms with Crippen molar-refractivity contribution in [1.82, 2.24) is 15.5 Å². The Kier molecular flexibility index (Phi) is 6.67. The van der Waals surface area contributed by atoms with Gasteiger partial charge in [0.1, 0.15) is 5.70 Å². The number of aromatic nitrogens is 2. The van der Waals surface area contributed by atoms with E-state index in [1.807, 2.05) is 24.3 Å². The summed E-state index contributed by atoms with van der Waals surface area (Å²) in [7, 11) is 0. The average Bonchev–Trinajstić information content (AvgIpc) is 3.21. The summed E-state index contributed by atoms with van der Waals surface area (Å²) in [6.07, 6.45) is 1.45. The Balaban J connectivity index is 1.59. The minimum Gasteiger partial charge on any atom is -0.451 e. The molecule has 3 rings (SSSR count). The number of carbonyl (C=O) groups excluding carboxylic acids is 3. The van der Waals surface area contributed by atoms with Gasteiger partial charge in [-0.3, -0.25) is 14.9 Å². The van der Waals surface area contributed by atoms with Crippen LogP contribution in [0.15, 0.2) is 70.8 Å². The van der Waals surface area contributed by atoms with E-state index in [0.717, 1.165) is 0 Å². The van der Waals surface area contributed by atoms with Gasteiger partial charge in [0.15, 0.2) is 6.61 Å². The molecule has 2 amide bonds. The first-order valence-corrected chi connectivity index (χ1v) is 8.91. The molecule has 0 aliphatic heterocycles. The van der Waals surface area contributed by atoms with Crippen LogP contribution >= 0.6 is 0 Å². The van der Waals surface area contributed by atoms with E-state index in [1.54, 1.807) is 36.4 Å². The van der Waals surface area contributed by atoms with Gasteiger partial charge in [0.05, 0.1) is 0 Å². The maximum atomic E-state index is 12.3. The predicted molar refractivity (Wildman–Crippen MR) is 108 cm³/mol. The quantitative estimate of drug-likeness (QED) is 0.456. The molecule has 2 N–H and O–H groups in total. The average molecular weight is 406 g/mol. The highest BCUT2D eigenvalue weighted by atomic mass is 16.5. The summed E-state index contributed by atoms with van der Waals surface area (Å²) < 4.78 is 10.3. The Hall–Kier alpha value is -4.27. The third-order valence-corrected chi connectivity index (χ3v) is 3.67. The van der Waals surface area contributed by atoms with E-state index in [1.165, 1.54) is 13.0 Å². The molecule has 3 aromatic rings. The van der Waals surface area contributed by atoms with Gasteiger partial charge < -0.3 is 14.5 Å². The van der Waals surface area contributed by atoms with Crippen LogP contribution in [-0.2, 0) is 19.1 Å². The number of esters is 1. The van der Waals surface area contributed by atoms with Gasteiger partial charge in [-0.1, -0.05) is 53.6 Å². The fourth-order valence-corrected chi connectivity index (χ4v) is 2.39. The van der Waals surface area contributed by atoms with Gasteiger partial charge in [-0.05, 0) is 23.8 Å².